The van der Waals surface area contributed by atoms with Gasteiger partial charge in [-0.2, -0.15) is 0 Å². The van der Waals surface area contributed by atoms with Crippen LogP contribution in [0.25, 0.3) is 0 Å². The van der Waals surface area contributed by atoms with Crippen molar-refractivity contribution in [1.29, 1.82) is 0 Å². The summed E-state index contributed by atoms with van der Waals surface area (Å²) in [5.74, 6) is 0.993. The molecule has 0 aliphatic heterocycles. The molecule has 0 heterocycles. The van der Waals surface area contributed by atoms with Gasteiger partial charge in [0.2, 0.25) is 0 Å². The fourth-order valence-electron chi connectivity index (χ4n) is 1.61. The van der Waals surface area contributed by atoms with Gasteiger partial charge in [-0.15, -0.1) is 0 Å². The number of hydrogen-bond acceptors (Lipinski definition) is 2. The van der Waals surface area contributed by atoms with Crippen molar-refractivity contribution < 1.29 is 27.6 Å². The number of aryl methyl sites for hydroxylation is 2. The van der Waals surface area contributed by atoms with Crippen LogP contribution in [-0.4, -0.2) is 30.9 Å². The highest BCUT2D eigenvalue weighted by Gasteiger charge is 2.05. The average Bonchev–Trinajstić information content (AvgIpc) is 2.27. The van der Waals surface area contributed by atoms with Gasteiger partial charge in [0.05, 0.1) is 6.61 Å². The molecule has 0 amide bonds. The van der Waals surface area contributed by atoms with E-state index in [1.54, 1.807) is 0 Å². The van der Waals surface area contributed by atoms with Crippen LogP contribution in [0.15, 0.2) is 18.2 Å². The number of aliphatic hydroxyl groups excluding tert-OH is 1. The minimum absolute atomic E-state index is 0. The van der Waals surface area contributed by atoms with Crippen LogP contribution in [0.4, 0.5) is 0 Å². The minimum Gasteiger partial charge on any atom is -1.00 e. The van der Waals surface area contributed by atoms with Crippen LogP contribution in [0.1, 0.15) is 18.1 Å². The Kier molecular flexibility index (Phi) is 7.96. The molecule has 0 radical (unpaired) electrons. The summed E-state index contributed by atoms with van der Waals surface area (Å²) in [5, 5.41) is 11.0. The number of quaternary nitrogens is 1. The van der Waals surface area contributed by atoms with Crippen LogP contribution in [0, 0.1) is 13.8 Å². The van der Waals surface area contributed by atoms with Crippen molar-refractivity contribution in [3.8, 4) is 5.75 Å². The molecule has 0 saturated carbocycles. The standard InChI is InChI=1S/C13H21NO2.ClH/c1-10-5-4-6-11(2)13(10)16-8-7-14-12(3)9-15;/h4-6,12,14-15H,7-9H2,1-3H3;1H/t12-;/m0./s1. The smallest absolute Gasteiger partial charge is 0.137 e. The molecule has 17 heavy (non-hydrogen) atoms. The second-order valence-corrected chi connectivity index (χ2v) is 4.25. The lowest BCUT2D eigenvalue weighted by Gasteiger charge is -2.12. The average molecular weight is 260 g/mol. The molecule has 1 aromatic rings. The van der Waals surface area contributed by atoms with Crippen molar-refractivity contribution >= 4 is 0 Å². The van der Waals surface area contributed by atoms with Crippen LogP contribution in [0.5, 0.6) is 5.75 Å². The molecule has 0 fully saturated rings. The highest BCUT2D eigenvalue weighted by Crippen LogP contribution is 2.21. The van der Waals surface area contributed by atoms with E-state index < -0.39 is 0 Å². The highest BCUT2D eigenvalue weighted by molar-refractivity contribution is 5.39. The van der Waals surface area contributed by atoms with E-state index in [9.17, 15) is 0 Å². The number of ether oxygens (including phenoxy) is 1. The Balaban J connectivity index is 0.00000256. The van der Waals surface area contributed by atoms with Gasteiger partial charge >= 0.3 is 0 Å². The summed E-state index contributed by atoms with van der Waals surface area (Å²) in [5.41, 5.74) is 2.35. The number of hydrogen-bond donors (Lipinski definition) is 2. The van der Waals surface area contributed by atoms with Gasteiger partial charge in [0.1, 0.15) is 24.9 Å². The second-order valence-electron chi connectivity index (χ2n) is 4.25. The van der Waals surface area contributed by atoms with Crippen molar-refractivity contribution in [3.05, 3.63) is 29.3 Å². The first kappa shape index (κ1) is 16.2. The van der Waals surface area contributed by atoms with Gasteiger partial charge in [0, 0.05) is 0 Å². The number of rotatable bonds is 6. The van der Waals surface area contributed by atoms with Gasteiger partial charge in [-0.05, 0) is 31.9 Å². The maximum absolute atomic E-state index is 8.87. The van der Waals surface area contributed by atoms with E-state index in [0.717, 1.165) is 12.3 Å². The molecule has 0 aliphatic rings. The van der Waals surface area contributed by atoms with Gasteiger partial charge in [0.15, 0.2) is 0 Å². The van der Waals surface area contributed by atoms with E-state index in [1.165, 1.54) is 11.1 Å². The molecule has 1 aromatic carbocycles. The topological polar surface area (TPSA) is 46.1 Å². The predicted molar refractivity (Wildman–Crippen MR) is 64.8 cm³/mol. The third-order valence-corrected chi connectivity index (χ3v) is 2.63. The van der Waals surface area contributed by atoms with Gasteiger partial charge in [-0.3, -0.25) is 0 Å². The molecular formula is C13H22ClNO2. The number of nitrogens with two attached hydrogens (primary N) is 1. The van der Waals surface area contributed by atoms with E-state index in [2.05, 4.69) is 31.3 Å². The fourth-order valence-corrected chi connectivity index (χ4v) is 1.61. The third kappa shape index (κ3) is 5.39. The van der Waals surface area contributed by atoms with E-state index >= 15 is 0 Å². The SMILES string of the molecule is Cc1cccc(C)c1OCC[NH2+][C@@H](C)CO.[Cl-]. The Morgan fingerprint density at radius 3 is 2.41 bits per heavy atom. The van der Waals surface area contributed by atoms with Gasteiger partial charge < -0.3 is 27.6 Å². The Morgan fingerprint density at radius 1 is 1.29 bits per heavy atom. The first-order valence-corrected chi connectivity index (χ1v) is 5.78. The van der Waals surface area contributed by atoms with Gasteiger partial charge in [-0.25, -0.2) is 0 Å². The van der Waals surface area contributed by atoms with Crippen LogP contribution < -0.4 is 22.5 Å². The van der Waals surface area contributed by atoms with E-state index in [-0.39, 0.29) is 25.1 Å². The Labute approximate surface area is 110 Å². The molecule has 0 bridgehead atoms. The minimum atomic E-state index is 0. The first-order chi connectivity index (χ1) is 7.65. The van der Waals surface area contributed by atoms with E-state index in [4.69, 9.17) is 9.84 Å². The molecular weight excluding hydrogens is 238 g/mol. The number of para-hydroxylation sites is 1. The molecule has 4 heteroatoms. The number of aliphatic hydroxyl groups is 1. The van der Waals surface area contributed by atoms with Crippen molar-refractivity contribution in [2.75, 3.05) is 19.8 Å². The molecule has 1 rings (SSSR count). The summed E-state index contributed by atoms with van der Waals surface area (Å²) >= 11 is 0. The van der Waals surface area contributed by atoms with Crippen LogP contribution in [0.2, 0.25) is 0 Å². The molecule has 3 N–H and O–H groups in total. The van der Waals surface area contributed by atoms with Crippen molar-refractivity contribution in [3.63, 3.8) is 0 Å². The monoisotopic (exact) mass is 259 g/mol. The lowest BCUT2D eigenvalue weighted by molar-refractivity contribution is -0.688. The number of benzene rings is 1. The quantitative estimate of drug-likeness (QED) is 0.561. The summed E-state index contributed by atoms with van der Waals surface area (Å²) in [4.78, 5) is 0. The summed E-state index contributed by atoms with van der Waals surface area (Å²) in [6, 6.07) is 6.41. The molecule has 0 aliphatic carbocycles. The predicted octanol–water partition coefficient (Wildman–Crippen LogP) is -2.37. The van der Waals surface area contributed by atoms with Gasteiger partial charge in [0.25, 0.3) is 0 Å². The molecule has 3 nitrogen and oxygen atoms in total. The van der Waals surface area contributed by atoms with E-state index in [1.807, 2.05) is 13.0 Å². The molecule has 1 atom stereocenters. The van der Waals surface area contributed by atoms with Crippen molar-refractivity contribution in [2.24, 2.45) is 0 Å². The van der Waals surface area contributed by atoms with Crippen LogP contribution in [0.3, 0.4) is 0 Å². The molecule has 98 valence electrons. The summed E-state index contributed by atoms with van der Waals surface area (Å²) in [7, 11) is 0. The maximum atomic E-state index is 8.87. The van der Waals surface area contributed by atoms with Crippen LogP contribution >= 0.6 is 0 Å². The Hall–Kier alpha value is -0.770. The molecule has 0 unspecified atom stereocenters. The zero-order chi connectivity index (χ0) is 12.0. The lowest BCUT2D eigenvalue weighted by atomic mass is 10.1. The third-order valence-electron chi connectivity index (χ3n) is 2.63. The molecule has 0 saturated heterocycles. The largest absolute Gasteiger partial charge is 1.00 e. The summed E-state index contributed by atoms with van der Waals surface area (Å²) in [6.45, 7) is 7.87. The van der Waals surface area contributed by atoms with Crippen LogP contribution in [-0.2, 0) is 0 Å². The normalized spacial score (nSPS) is 11.8. The zero-order valence-electron chi connectivity index (χ0n) is 10.7. The molecule has 0 aromatic heterocycles. The zero-order valence-corrected chi connectivity index (χ0v) is 11.5. The van der Waals surface area contributed by atoms with Gasteiger partial charge in [-0.1, -0.05) is 18.2 Å². The van der Waals surface area contributed by atoms with Crippen molar-refractivity contribution in [2.45, 2.75) is 26.8 Å². The Morgan fingerprint density at radius 2 is 1.88 bits per heavy atom. The van der Waals surface area contributed by atoms with E-state index in [0.29, 0.717) is 6.61 Å². The fraction of sp³-hybridized carbons (Fsp3) is 0.538. The summed E-state index contributed by atoms with van der Waals surface area (Å²) < 4.78 is 5.75. The van der Waals surface area contributed by atoms with Crippen molar-refractivity contribution in [1.82, 2.24) is 0 Å². The number of halogens is 1. The molecule has 0 spiro atoms. The highest BCUT2D eigenvalue weighted by atomic mass is 35.5. The second kappa shape index (κ2) is 8.34. The Bertz CT molecular complexity index is 311. The summed E-state index contributed by atoms with van der Waals surface area (Å²) in [6.07, 6.45) is 0. The lowest BCUT2D eigenvalue weighted by Crippen LogP contribution is -3.00. The maximum Gasteiger partial charge on any atom is 0.137 e. The first-order valence-electron chi connectivity index (χ1n) is 5.78.